The molecule has 2 aromatic rings. The third kappa shape index (κ3) is 4.24. The van der Waals surface area contributed by atoms with E-state index in [4.69, 9.17) is 27.9 Å². The van der Waals surface area contributed by atoms with E-state index in [1.165, 1.54) is 19.2 Å². The summed E-state index contributed by atoms with van der Waals surface area (Å²) in [6.45, 7) is 3.83. The van der Waals surface area contributed by atoms with Gasteiger partial charge in [-0.05, 0) is 32.0 Å². The zero-order valence-electron chi connectivity index (χ0n) is 13.2. The second-order valence-corrected chi connectivity index (χ2v) is 5.73. The number of nitrogens with zero attached hydrogens (tertiary/aromatic N) is 2. The number of ether oxygens (including phenoxy) is 1. The SMILES string of the molecule is CCN(C(=O)[C@H](C)OC(=O)c1cnc(Cl)c(Cl)c1)c1ccccc1. The van der Waals surface area contributed by atoms with E-state index in [0.29, 0.717) is 6.54 Å². The molecule has 0 N–H and O–H groups in total. The standard InChI is InChI=1S/C17H16Cl2N2O3/c1-3-21(13-7-5-4-6-8-13)16(22)11(2)24-17(23)12-9-14(18)15(19)20-10-12/h4-11H,3H2,1-2H3/t11-/m0/s1. The number of esters is 1. The second kappa shape index (κ2) is 8.13. The van der Waals surface area contributed by atoms with Crippen molar-refractivity contribution in [3.63, 3.8) is 0 Å². The summed E-state index contributed by atoms with van der Waals surface area (Å²) in [5.41, 5.74) is 0.871. The Labute approximate surface area is 150 Å². The first-order valence-electron chi connectivity index (χ1n) is 7.32. The molecule has 5 nitrogen and oxygen atoms in total. The lowest BCUT2D eigenvalue weighted by Crippen LogP contribution is -2.40. The number of para-hydroxylation sites is 1. The highest BCUT2D eigenvalue weighted by molar-refractivity contribution is 6.41. The lowest BCUT2D eigenvalue weighted by atomic mass is 10.2. The summed E-state index contributed by atoms with van der Waals surface area (Å²) in [6.07, 6.45) is 0.301. The molecule has 1 aromatic heterocycles. The highest BCUT2D eigenvalue weighted by atomic mass is 35.5. The van der Waals surface area contributed by atoms with Gasteiger partial charge < -0.3 is 9.64 Å². The van der Waals surface area contributed by atoms with Gasteiger partial charge in [-0.15, -0.1) is 0 Å². The van der Waals surface area contributed by atoms with Crippen molar-refractivity contribution in [3.8, 4) is 0 Å². The van der Waals surface area contributed by atoms with Crippen molar-refractivity contribution >= 4 is 40.8 Å². The minimum absolute atomic E-state index is 0.0959. The first-order valence-corrected chi connectivity index (χ1v) is 8.08. The number of amides is 1. The van der Waals surface area contributed by atoms with Gasteiger partial charge in [0.15, 0.2) is 6.10 Å². The van der Waals surface area contributed by atoms with E-state index in [1.54, 1.807) is 4.90 Å². The zero-order valence-corrected chi connectivity index (χ0v) is 14.7. The number of likely N-dealkylation sites (N-methyl/N-ethyl adjacent to an activating group) is 1. The van der Waals surface area contributed by atoms with Crippen LogP contribution in [0.1, 0.15) is 24.2 Å². The van der Waals surface area contributed by atoms with Gasteiger partial charge in [-0.2, -0.15) is 0 Å². The molecule has 0 aliphatic carbocycles. The summed E-state index contributed by atoms with van der Waals surface area (Å²) in [7, 11) is 0. The maximum Gasteiger partial charge on any atom is 0.340 e. The van der Waals surface area contributed by atoms with E-state index >= 15 is 0 Å². The van der Waals surface area contributed by atoms with Gasteiger partial charge in [-0.1, -0.05) is 41.4 Å². The van der Waals surface area contributed by atoms with Crippen molar-refractivity contribution in [2.45, 2.75) is 20.0 Å². The molecular formula is C17H16Cl2N2O3. The van der Waals surface area contributed by atoms with Crippen LogP contribution < -0.4 is 4.90 Å². The highest BCUT2D eigenvalue weighted by Crippen LogP contribution is 2.21. The lowest BCUT2D eigenvalue weighted by Gasteiger charge is -2.24. The maximum atomic E-state index is 12.5. The summed E-state index contributed by atoms with van der Waals surface area (Å²) in [5, 5.41) is 0.239. The average Bonchev–Trinajstić information content (AvgIpc) is 2.58. The molecule has 0 saturated heterocycles. The number of carbonyl (C=O) groups is 2. The van der Waals surface area contributed by atoms with Gasteiger partial charge in [0.2, 0.25) is 0 Å². The number of anilines is 1. The van der Waals surface area contributed by atoms with E-state index in [1.807, 2.05) is 37.3 Å². The lowest BCUT2D eigenvalue weighted by molar-refractivity contribution is -0.126. The second-order valence-electron chi connectivity index (χ2n) is 4.96. The van der Waals surface area contributed by atoms with Crippen molar-refractivity contribution in [2.75, 3.05) is 11.4 Å². The highest BCUT2D eigenvalue weighted by Gasteiger charge is 2.25. The Balaban J connectivity index is 2.10. The molecule has 1 atom stereocenters. The summed E-state index contributed by atoms with van der Waals surface area (Å²) in [6, 6.07) is 10.5. The number of carbonyl (C=O) groups excluding carboxylic acids is 2. The summed E-state index contributed by atoms with van der Waals surface area (Å²) in [4.78, 5) is 30.0. The zero-order chi connectivity index (χ0) is 17.7. The van der Waals surface area contributed by atoms with Gasteiger partial charge in [0.05, 0.1) is 10.6 Å². The van der Waals surface area contributed by atoms with Crippen LogP contribution in [0.25, 0.3) is 0 Å². The summed E-state index contributed by atoms with van der Waals surface area (Å²) < 4.78 is 5.23. The maximum absolute atomic E-state index is 12.5. The number of benzene rings is 1. The van der Waals surface area contributed by atoms with Crippen LogP contribution in [0.5, 0.6) is 0 Å². The molecule has 0 aliphatic heterocycles. The molecule has 0 spiro atoms. The fourth-order valence-electron chi connectivity index (χ4n) is 2.10. The van der Waals surface area contributed by atoms with Crippen LogP contribution >= 0.6 is 23.2 Å². The third-order valence-corrected chi connectivity index (χ3v) is 4.00. The van der Waals surface area contributed by atoms with Gasteiger partial charge >= 0.3 is 5.97 Å². The van der Waals surface area contributed by atoms with Crippen molar-refractivity contribution in [1.29, 1.82) is 0 Å². The monoisotopic (exact) mass is 366 g/mol. The molecule has 1 heterocycles. The molecule has 24 heavy (non-hydrogen) atoms. The third-order valence-electron chi connectivity index (χ3n) is 3.31. The Kier molecular flexibility index (Phi) is 6.17. The van der Waals surface area contributed by atoms with Gasteiger partial charge in [0.25, 0.3) is 5.91 Å². The minimum atomic E-state index is -0.952. The normalized spacial score (nSPS) is 11.7. The summed E-state index contributed by atoms with van der Waals surface area (Å²) in [5.74, 6) is -1.00. The van der Waals surface area contributed by atoms with Gasteiger partial charge in [0.1, 0.15) is 5.15 Å². The molecular weight excluding hydrogens is 351 g/mol. The molecule has 2 rings (SSSR count). The Bertz CT molecular complexity index is 738. The number of hydrogen-bond acceptors (Lipinski definition) is 4. The molecule has 7 heteroatoms. The predicted octanol–water partition coefficient (Wildman–Crippen LogP) is 3.99. The molecule has 0 bridgehead atoms. The fourth-order valence-corrected chi connectivity index (χ4v) is 2.37. The van der Waals surface area contributed by atoms with Crippen LogP contribution in [0.15, 0.2) is 42.6 Å². The topological polar surface area (TPSA) is 59.5 Å². The van der Waals surface area contributed by atoms with Crippen LogP contribution in [-0.2, 0) is 9.53 Å². The van der Waals surface area contributed by atoms with Gasteiger partial charge in [-0.25, -0.2) is 9.78 Å². The molecule has 0 unspecified atom stereocenters. The number of rotatable bonds is 5. The van der Waals surface area contributed by atoms with Crippen LogP contribution in [0, 0.1) is 0 Å². The molecule has 0 aliphatic rings. The number of pyridine rings is 1. The molecule has 0 fully saturated rings. The first kappa shape index (κ1) is 18.2. The smallest absolute Gasteiger partial charge is 0.340 e. The number of halogens is 2. The van der Waals surface area contributed by atoms with E-state index in [0.717, 1.165) is 5.69 Å². The molecule has 126 valence electrons. The number of hydrogen-bond donors (Lipinski definition) is 0. The Morgan fingerprint density at radius 2 is 1.92 bits per heavy atom. The van der Waals surface area contributed by atoms with Crippen LogP contribution in [0.2, 0.25) is 10.2 Å². The van der Waals surface area contributed by atoms with E-state index < -0.39 is 12.1 Å². The Hall–Kier alpha value is -2.11. The summed E-state index contributed by atoms with van der Waals surface area (Å²) >= 11 is 11.5. The van der Waals surface area contributed by atoms with Crippen molar-refractivity contribution < 1.29 is 14.3 Å². The van der Waals surface area contributed by atoms with Crippen LogP contribution in [-0.4, -0.2) is 29.5 Å². The predicted molar refractivity (Wildman–Crippen MR) is 93.6 cm³/mol. The van der Waals surface area contributed by atoms with Crippen molar-refractivity contribution in [3.05, 3.63) is 58.3 Å². The largest absolute Gasteiger partial charge is 0.449 e. The van der Waals surface area contributed by atoms with Crippen molar-refractivity contribution in [1.82, 2.24) is 4.98 Å². The average molecular weight is 367 g/mol. The van der Waals surface area contributed by atoms with Gasteiger partial charge in [-0.3, -0.25) is 4.79 Å². The minimum Gasteiger partial charge on any atom is -0.449 e. The number of aromatic nitrogens is 1. The fraction of sp³-hybridized carbons (Fsp3) is 0.235. The van der Waals surface area contributed by atoms with Crippen molar-refractivity contribution in [2.24, 2.45) is 0 Å². The molecule has 0 radical (unpaired) electrons. The molecule has 1 amide bonds. The quantitative estimate of drug-likeness (QED) is 0.592. The van der Waals surface area contributed by atoms with Crippen LogP contribution in [0.4, 0.5) is 5.69 Å². The van der Waals surface area contributed by atoms with E-state index in [-0.39, 0.29) is 21.6 Å². The Morgan fingerprint density at radius 1 is 1.25 bits per heavy atom. The van der Waals surface area contributed by atoms with Gasteiger partial charge in [0, 0.05) is 18.4 Å². The Morgan fingerprint density at radius 3 is 2.50 bits per heavy atom. The van der Waals surface area contributed by atoms with Crippen LogP contribution in [0.3, 0.4) is 0 Å². The van der Waals surface area contributed by atoms with E-state index in [2.05, 4.69) is 4.98 Å². The molecule has 0 saturated carbocycles. The molecule has 1 aromatic carbocycles. The first-order chi connectivity index (χ1) is 11.4. The van der Waals surface area contributed by atoms with E-state index in [9.17, 15) is 9.59 Å².